The van der Waals surface area contributed by atoms with Crippen molar-refractivity contribution >= 4 is 5.69 Å². The van der Waals surface area contributed by atoms with Crippen LogP contribution in [0.4, 0.5) is 5.69 Å². The van der Waals surface area contributed by atoms with Crippen molar-refractivity contribution in [1.29, 1.82) is 0 Å². The van der Waals surface area contributed by atoms with E-state index in [0.717, 1.165) is 19.6 Å². The third kappa shape index (κ3) is 3.30. The van der Waals surface area contributed by atoms with Gasteiger partial charge >= 0.3 is 0 Å². The number of benzene rings is 1. The van der Waals surface area contributed by atoms with Gasteiger partial charge in [-0.3, -0.25) is 0 Å². The van der Waals surface area contributed by atoms with Crippen molar-refractivity contribution in [1.82, 2.24) is 5.32 Å². The minimum absolute atomic E-state index is 0.311. The molecule has 2 heteroatoms. The van der Waals surface area contributed by atoms with Crippen LogP contribution in [-0.2, 0) is 0 Å². The highest BCUT2D eigenvalue weighted by atomic mass is 15.2. The largest absolute Gasteiger partial charge is 0.368 e. The summed E-state index contributed by atoms with van der Waals surface area (Å²) in [6, 6.07) is 9.42. The molecule has 2 nitrogen and oxygen atoms in total. The minimum atomic E-state index is 0.311. The molecule has 1 N–H and O–H groups in total. The number of piperazine rings is 1. The van der Waals surface area contributed by atoms with Crippen LogP contribution in [0.5, 0.6) is 0 Å². The number of rotatable bonds is 2. The van der Waals surface area contributed by atoms with Gasteiger partial charge in [0.25, 0.3) is 0 Å². The van der Waals surface area contributed by atoms with Gasteiger partial charge in [0, 0.05) is 31.4 Å². The summed E-state index contributed by atoms with van der Waals surface area (Å²) < 4.78 is 0. The highest BCUT2D eigenvalue weighted by molar-refractivity contribution is 5.55. The lowest BCUT2D eigenvalue weighted by Crippen LogP contribution is -2.56. The molecule has 2 rings (SSSR count). The predicted molar refractivity (Wildman–Crippen MR) is 84.0 cm³/mol. The lowest BCUT2D eigenvalue weighted by atomic mass is 9.85. The predicted octanol–water partition coefficient (Wildman–Crippen LogP) is 3.63. The third-order valence-electron chi connectivity index (χ3n) is 4.12. The molecule has 0 bridgehead atoms. The molecule has 0 aromatic heterocycles. The molecule has 1 unspecified atom stereocenters. The molecule has 0 aliphatic carbocycles. The highest BCUT2D eigenvalue weighted by Gasteiger charge is 2.30. The zero-order chi connectivity index (χ0) is 14.0. The van der Waals surface area contributed by atoms with Gasteiger partial charge < -0.3 is 10.2 Å². The Morgan fingerprint density at radius 1 is 1.21 bits per heavy atom. The van der Waals surface area contributed by atoms with Crippen LogP contribution in [-0.4, -0.2) is 25.7 Å². The standard InChI is InChI=1S/C17H28N2/c1-13(2)14-8-6-7-9-15(14)19-11-10-18-16(12-19)17(3,4)5/h6-9,13,16,18H,10-12H2,1-5H3. The molecule has 1 atom stereocenters. The molecule has 0 radical (unpaired) electrons. The molecule has 1 fully saturated rings. The topological polar surface area (TPSA) is 15.3 Å². The van der Waals surface area contributed by atoms with Crippen molar-refractivity contribution in [2.75, 3.05) is 24.5 Å². The van der Waals surface area contributed by atoms with E-state index in [-0.39, 0.29) is 0 Å². The molecule has 1 aromatic carbocycles. The van der Waals surface area contributed by atoms with Crippen LogP contribution >= 0.6 is 0 Å². The fourth-order valence-electron chi connectivity index (χ4n) is 2.81. The normalized spacial score (nSPS) is 20.9. The second kappa shape index (κ2) is 5.54. The van der Waals surface area contributed by atoms with Crippen molar-refractivity contribution in [3.8, 4) is 0 Å². The SMILES string of the molecule is CC(C)c1ccccc1N1CCNC(C(C)(C)C)C1. The Kier molecular flexibility index (Phi) is 4.19. The quantitative estimate of drug-likeness (QED) is 0.873. The molecule has 0 saturated carbocycles. The summed E-state index contributed by atoms with van der Waals surface area (Å²) in [5, 5.41) is 3.67. The van der Waals surface area contributed by atoms with Crippen LogP contribution in [0, 0.1) is 5.41 Å². The summed E-state index contributed by atoms with van der Waals surface area (Å²) >= 11 is 0. The number of para-hydroxylation sites is 1. The van der Waals surface area contributed by atoms with E-state index in [2.05, 4.69) is 69.1 Å². The highest BCUT2D eigenvalue weighted by Crippen LogP contribution is 2.30. The molecule has 106 valence electrons. The van der Waals surface area contributed by atoms with Gasteiger partial charge in [-0.2, -0.15) is 0 Å². The van der Waals surface area contributed by atoms with Crippen LogP contribution in [0.2, 0.25) is 0 Å². The Balaban J connectivity index is 2.22. The van der Waals surface area contributed by atoms with E-state index < -0.39 is 0 Å². The molecular formula is C17H28N2. The summed E-state index contributed by atoms with van der Waals surface area (Å²) in [5.41, 5.74) is 3.20. The van der Waals surface area contributed by atoms with Crippen molar-refractivity contribution in [3.05, 3.63) is 29.8 Å². The molecule has 1 aliphatic rings. The van der Waals surface area contributed by atoms with Gasteiger partial charge in [0.2, 0.25) is 0 Å². The van der Waals surface area contributed by atoms with Crippen LogP contribution in [0.1, 0.15) is 46.1 Å². The van der Waals surface area contributed by atoms with Crippen molar-refractivity contribution < 1.29 is 0 Å². The van der Waals surface area contributed by atoms with E-state index in [1.54, 1.807) is 0 Å². The van der Waals surface area contributed by atoms with Crippen LogP contribution in [0.15, 0.2) is 24.3 Å². The Morgan fingerprint density at radius 2 is 1.89 bits per heavy atom. The Bertz CT molecular complexity index is 418. The van der Waals surface area contributed by atoms with Gasteiger partial charge in [-0.25, -0.2) is 0 Å². The first kappa shape index (κ1) is 14.4. The lowest BCUT2D eigenvalue weighted by Gasteiger charge is -2.42. The van der Waals surface area contributed by atoms with E-state index in [9.17, 15) is 0 Å². The molecule has 1 heterocycles. The first-order valence-corrected chi connectivity index (χ1v) is 7.47. The number of nitrogens with one attached hydrogen (secondary N) is 1. The van der Waals surface area contributed by atoms with E-state index >= 15 is 0 Å². The maximum atomic E-state index is 3.67. The number of nitrogens with zero attached hydrogens (tertiary/aromatic N) is 1. The second-order valence-corrected chi connectivity index (χ2v) is 7.03. The number of hydrogen-bond acceptors (Lipinski definition) is 2. The fourth-order valence-corrected chi connectivity index (χ4v) is 2.81. The summed E-state index contributed by atoms with van der Waals surface area (Å²) in [6.45, 7) is 14.8. The van der Waals surface area contributed by atoms with Gasteiger partial charge in [0.05, 0.1) is 0 Å². The number of anilines is 1. The zero-order valence-corrected chi connectivity index (χ0v) is 13.0. The van der Waals surface area contributed by atoms with E-state index in [0.29, 0.717) is 17.4 Å². The average Bonchev–Trinajstić information content (AvgIpc) is 2.38. The van der Waals surface area contributed by atoms with Gasteiger partial charge in [0.15, 0.2) is 0 Å². The van der Waals surface area contributed by atoms with Gasteiger partial charge in [0.1, 0.15) is 0 Å². The van der Waals surface area contributed by atoms with E-state index in [4.69, 9.17) is 0 Å². The van der Waals surface area contributed by atoms with E-state index in [1.165, 1.54) is 11.3 Å². The zero-order valence-electron chi connectivity index (χ0n) is 13.0. The summed E-state index contributed by atoms with van der Waals surface area (Å²) in [7, 11) is 0. The molecule has 19 heavy (non-hydrogen) atoms. The van der Waals surface area contributed by atoms with Crippen LogP contribution < -0.4 is 10.2 Å². The minimum Gasteiger partial charge on any atom is -0.368 e. The van der Waals surface area contributed by atoms with Crippen LogP contribution in [0.25, 0.3) is 0 Å². The Hall–Kier alpha value is -1.02. The summed E-state index contributed by atoms with van der Waals surface area (Å²) in [5.74, 6) is 0.583. The van der Waals surface area contributed by atoms with Crippen LogP contribution in [0.3, 0.4) is 0 Å². The summed E-state index contributed by atoms with van der Waals surface area (Å²) in [4.78, 5) is 2.56. The molecular weight excluding hydrogens is 232 g/mol. The second-order valence-electron chi connectivity index (χ2n) is 7.03. The number of hydrogen-bond donors (Lipinski definition) is 1. The first-order chi connectivity index (χ1) is 8.89. The maximum Gasteiger partial charge on any atom is 0.0402 e. The van der Waals surface area contributed by atoms with Gasteiger partial charge in [-0.05, 0) is 23.0 Å². The average molecular weight is 260 g/mol. The summed E-state index contributed by atoms with van der Waals surface area (Å²) in [6.07, 6.45) is 0. The van der Waals surface area contributed by atoms with Crippen molar-refractivity contribution in [2.45, 2.75) is 46.6 Å². The van der Waals surface area contributed by atoms with Crippen molar-refractivity contribution in [2.24, 2.45) is 5.41 Å². The van der Waals surface area contributed by atoms with Gasteiger partial charge in [-0.1, -0.05) is 52.8 Å². The Labute approximate surface area is 118 Å². The van der Waals surface area contributed by atoms with E-state index in [1.807, 2.05) is 0 Å². The lowest BCUT2D eigenvalue weighted by molar-refractivity contribution is 0.254. The monoisotopic (exact) mass is 260 g/mol. The molecule has 1 aromatic rings. The fraction of sp³-hybridized carbons (Fsp3) is 0.647. The molecule has 0 spiro atoms. The smallest absolute Gasteiger partial charge is 0.0402 e. The van der Waals surface area contributed by atoms with Crippen molar-refractivity contribution in [3.63, 3.8) is 0 Å². The van der Waals surface area contributed by atoms with Gasteiger partial charge in [-0.15, -0.1) is 0 Å². The molecule has 0 amide bonds. The first-order valence-electron chi connectivity index (χ1n) is 7.47. The third-order valence-corrected chi connectivity index (χ3v) is 4.12. The molecule has 1 saturated heterocycles. The maximum absolute atomic E-state index is 3.67. The molecule has 1 aliphatic heterocycles. The Morgan fingerprint density at radius 3 is 2.53 bits per heavy atom.